The Kier molecular flexibility index (Phi) is 4.48. The number of hydrogen-bond acceptors (Lipinski definition) is 2. The molecule has 0 bridgehead atoms. The molecule has 1 atom stereocenters. The normalized spacial score (nSPS) is 17.4. The van der Waals surface area contributed by atoms with Crippen LogP contribution in [-0.2, 0) is 17.8 Å². The van der Waals surface area contributed by atoms with Crippen LogP contribution < -0.4 is 5.32 Å². The summed E-state index contributed by atoms with van der Waals surface area (Å²) in [6, 6.07) is 16.7. The van der Waals surface area contributed by atoms with Crippen molar-refractivity contribution in [2.45, 2.75) is 25.9 Å². The van der Waals surface area contributed by atoms with Gasteiger partial charge in [0.1, 0.15) is 0 Å². The maximum atomic E-state index is 12.1. The monoisotopic (exact) mass is 358 g/mol. The average Bonchev–Trinajstić information content (AvgIpc) is 2.68. The standard InChI is InChI=1S/C18H19BrN2O/c1-13(22)21-12-15-10-16(19)7-8-18(15)20-11-17(21)9-14-5-3-2-4-6-14/h2-8,10,17,20H,9,11-12H2,1H3. The van der Waals surface area contributed by atoms with E-state index in [4.69, 9.17) is 0 Å². The van der Waals surface area contributed by atoms with Crippen molar-refractivity contribution in [2.24, 2.45) is 0 Å². The van der Waals surface area contributed by atoms with E-state index < -0.39 is 0 Å². The Hall–Kier alpha value is -1.81. The van der Waals surface area contributed by atoms with Crippen LogP contribution in [0.2, 0.25) is 0 Å². The summed E-state index contributed by atoms with van der Waals surface area (Å²) in [5, 5.41) is 3.49. The van der Waals surface area contributed by atoms with Gasteiger partial charge < -0.3 is 10.2 Å². The van der Waals surface area contributed by atoms with Gasteiger partial charge in [-0.25, -0.2) is 0 Å². The van der Waals surface area contributed by atoms with Crippen molar-refractivity contribution in [1.29, 1.82) is 0 Å². The van der Waals surface area contributed by atoms with E-state index in [9.17, 15) is 4.79 Å². The van der Waals surface area contributed by atoms with E-state index >= 15 is 0 Å². The zero-order chi connectivity index (χ0) is 15.5. The zero-order valence-corrected chi connectivity index (χ0v) is 14.1. The van der Waals surface area contributed by atoms with Gasteiger partial charge >= 0.3 is 0 Å². The molecule has 1 aliphatic rings. The lowest BCUT2D eigenvalue weighted by atomic mass is 10.0. The molecular weight excluding hydrogens is 340 g/mol. The lowest BCUT2D eigenvalue weighted by molar-refractivity contribution is -0.131. The SMILES string of the molecule is CC(=O)N1Cc2cc(Br)ccc2NCC1Cc1ccccc1. The van der Waals surface area contributed by atoms with Crippen LogP contribution in [0.3, 0.4) is 0 Å². The predicted molar refractivity (Wildman–Crippen MR) is 92.8 cm³/mol. The van der Waals surface area contributed by atoms with Gasteiger partial charge in [-0.15, -0.1) is 0 Å². The van der Waals surface area contributed by atoms with Crippen LogP contribution >= 0.6 is 15.9 Å². The molecule has 2 aromatic rings. The lowest BCUT2D eigenvalue weighted by Crippen LogP contribution is -2.42. The molecule has 0 aliphatic carbocycles. The summed E-state index contributed by atoms with van der Waals surface area (Å²) in [6.45, 7) is 3.07. The van der Waals surface area contributed by atoms with Crippen LogP contribution in [0.5, 0.6) is 0 Å². The molecule has 0 spiro atoms. The van der Waals surface area contributed by atoms with Crippen molar-refractivity contribution in [3.8, 4) is 0 Å². The largest absolute Gasteiger partial charge is 0.383 e. The second kappa shape index (κ2) is 6.53. The van der Waals surface area contributed by atoms with Gasteiger partial charge in [-0.05, 0) is 35.7 Å². The van der Waals surface area contributed by atoms with E-state index in [2.05, 4.69) is 45.5 Å². The number of nitrogens with zero attached hydrogens (tertiary/aromatic N) is 1. The van der Waals surface area contributed by atoms with Crippen molar-refractivity contribution in [1.82, 2.24) is 4.90 Å². The number of benzene rings is 2. The summed E-state index contributed by atoms with van der Waals surface area (Å²) >= 11 is 3.51. The second-order valence-electron chi connectivity index (χ2n) is 5.67. The first-order chi connectivity index (χ1) is 10.6. The smallest absolute Gasteiger partial charge is 0.220 e. The molecule has 1 N–H and O–H groups in total. The summed E-state index contributed by atoms with van der Waals surface area (Å²) in [6.07, 6.45) is 0.864. The van der Waals surface area contributed by atoms with Gasteiger partial charge in [0.2, 0.25) is 5.91 Å². The predicted octanol–water partition coefficient (Wildman–Crippen LogP) is 3.83. The fraction of sp³-hybridized carbons (Fsp3) is 0.278. The summed E-state index contributed by atoms with van der Waals surface area (Å²) in [5.41, 5.74) is 3.53. The number of carbonyl (C=O) groups is 1. The van der Waals surface area contributed by atoms with Crippen molar-refractivity contribution in [3.05, 3.63) is 64.1 Å². The number of nitrogens with one attached hydrogen (secondary N) is 1. The number of rotatable bonds is 2. The third-order valence-corrected chi connectivity index (χ3v) is 4.59. The fourth-order valence-electron chi connectivity index (χ4n) is 2.95. The van der Waals surface area contributed by atoms with Crippen molar-refractivity contribution >= 4 is 27.5 Å². The van der Waals surface area contributed by atoms with E-state index in [-0.39, 0.29) is 11.9 Å². The van der Waals surface area contributed by atoms with Gasteiger partial charge in [0, 0.05) is 30.2 Å². The van der Waals surface area contributed by atoms with Crippen LogP contribution in [0.4, 0.5) is 5.69 Å². The molecule has 0 saturated carbocycles. The number of hydrogen-bond donors (Lipinski definition) is 1. The molecule has 1 heterocycles. The van der Waals surface area contributed by atoms with Crippen molar-refractivity contribution in [2.75, 3.05) is 11.9 Å². The van der Waals surface area contributed by atoms with Gasteiger partial charge in [0.25, 0.3) is 0 Å². The molecule has 1 aliphatic heterocycles. The molecule has 3 nitrogen and oxygen atoms in total. The van der Waals surface area contributed by atoms with Crippen LogP contribution in [0.1, 0.15) is 18.1 Å². The molecule has 0 saturated heterocycles. The summed E-state index contributed by atoms with van der Waals surface area (Å²) < 4.78 is 1.04. The average molecular weight is 359 g/mol. The number of anilines is 1. The minimum absolute atomic E-state index is 0.121. The zero-order valence-electron chi connectivity index (χ0n) is 12.6. The van der Waals surface area contributed by atoms with Crippen LogP contribution in [0.15, 0.2) is 53.0 Å². The topological polar surface area (TPSA) is 32.3 Å². The van der Waals surface area contributed by atoms with Gasteiger partial charge in [0.15, 0.2) is 0 Å². The van der Waals surface area contributed by atoms with E-state index in [1.54, 1.807) is 6.92 Å². The third-order valence-electron chi connectivity index (χ3n) is 4.10. The highest BCUT2D eigenvalue weighted by Gasteiger charge is 2.25. The first kappa shape index (κ1) is 15.1. The molecule has 0 radical (unpaired) electrons. The molecule has 1 unspecified atom stereocenters. The molecule has 3 rings (SSSR count). The maximum absolute atomic E-state index is 12.1. The van der Waals surface area contributed by atoms with E-state index in [0.29, 0.717) is 6.54 Å². The van der Waals surface area contributed by atoms with Crippen LogP contribution in [0.25, 0.3) is 0 Å². The van der Waals surface area contributed by atoms with Crippen molar-refractivity contribution < 1.29 is 4.79 Å². The van der Waals surface area contributed by atoms with E-state index in [0.717, 1.165) is 28.7 Å². The molecule has 1 amide bonds. The van der Waals surface area contributed by atoms with Crippen LogP contribution in [-0.4, -0.2) is 23.4 Å². The first-order valence-corrected chi connectivity index (χ1v) is 8.26. The molecular formula is C18H19BrN2O. The quantitative estimate of drug-likeness (QED) is 0.884. The lowest BCUT2D eigenvalue weighted by Gasteiger charge is -2.29. The Balaban J connectivity index is 1.87. The summed E-state index contributed by atoms with van der Waals surface area (Å²) in [7, 11) is 0. The molecule has 2 aromatic carbocycles. The van der Waals surface area contributed by atoms with Gasteiger partial charge in [-0.1, -0.05) is 46.3 Å². The Bertz CT molecular complexity index is 672. The molecule has 114 valence electrons. The van der Waals surface area contributed by atoms with E-state index in [1.165, 1.54) is 5.56 Å². The van der Waals surface area contributed by atoms with Gasteiger partial charge in [-0.3, -0.25) is 4.79 Å². The minimum atomic E-state index is 0.121. The Labute approximate surface area is 139 Å². The highest BCUT2D eigenvalue weighted by Crippen LogP contribution is 2.27. The Morgan fingerprint density at radius 3 is 2.77 bits per heavy atom. The minimum Gasteiger partial charge on any atom is -0.383 e. The molecule has 22 heavy (non-hydrogen) atoms. The van der Waals surface area contributed by atoms with Gasteiger partial charge in [-0.2, -0.15) is 0 Å². The maximum Gasteiger partial charge on any atom is 0.220 e. The molecule has 4 heteroatoms. The summed E-state index contributed by atoms with van der Waals surface area (Å²) in [4.78, 5) is 14.1. The van der Waals surface area contributed by atoms with Crippen LogP contribution in [0, 0.1) is 0 Å². The Morgan fingerprint density at radius 1 is 1.27 bits per heavy atom. The third kappa shape index (κ3) is 3.33. The highest BCUT2D eigenvalue weighted by atomic mass is 79.9. The number of amides is 1. The summed E-state index contributed by atoms with van der Waals surface area (Å²) in [5.74, 6) is 0.121. The Morgan fingerprint density at radius 2 is 2.05 bits per heavy atom. The first-order valence-electron chi connectivity index (χ1n) is 7.47. The molecule has 0 fully saturated rings. The highest BCUT2D eigenvalue weighted by molar-refractivity contribution is 9.10. The van der Waals surface area contributed by atoms with E-state index in [1.807, 2.05) is 29.2 Å². The number of carbonyl (C=O) groups excluding carboxylic acids is 1. The second-order valence-corrected chi connectivity index (χ2v) is 6.59. The molecule has 0 aromatic heterocycles. The number of halogens is 1. The fourth-order valence-corrected chi connectivity index (χ4v) is 3.36. The van der Waals surface area contributed by atoms with Gasteiger partial charge in [0.05, 0.1) is 6.04 Å². The number of fused-ring (bicyclic) bond motifs is 1. The van der Waals surface area contributed by atoms with Crippen molar-refractivity contribution in [3.63, 3.8) is 0 Å².